The number of nitrogens with zero attached hydrogens (tertiary/aromatic N) is 4. The van der Waals surface area contributed by atoms with E-state index >= 15 is 0 Å². The minimum absolute atomic E-state index is 0.00107. The van der Waals surface area contributed by atoms with Gasteiger partial charge in [0.1, 0.15) is 5.75 Å². The van der Waals surface area contributed by atoms with Crippen LogP contribution in [0.2, 0.25) is 0 Å². The van der Waals surface area contributed by atoms with E-state index in [0.29, 0.717) is 25.4 Å². The lowest BCUT2D eigenvalue weighted by molar-refractivity contribution is -0.274. The largest absolute Gasteiger partial charge is 0.573 e. The summed E-state index contributed by atoms with van der Waals surface area (Å²) in [6.07, 6.45) is -1.74. The molecule has 2 aromatic heterocycles. The summed E-state index contributed by atoms with van der Waals surface area (Å²) >= 11 is 0. The van der Waals surface area contributed by atoms with Crippen LogP contribution in [0.25, 0.3) is 5.65 Å². The molecule has 0 unspecified atom stereocenters. The molecular weight excluding hydrogens is 427 g/mol. The maximum atomic E-state index is 12.8. The first-order valence-corrected chi connectivity index (χ1v) is 10.0. The van der Waals surface area contributed by atoms with Crippen molar-refractivity contribution in [2.75, 3.05) is 13.2 Å². The van der Waals surface area contributed by atoms with Crippen LogP contribution in [0.1, 0.15) is 35.6 Å². The number of ether oxygens (including phenoxy) is 2. The fourth-order valence-electron chi connectivity index (χ4n) is 3.64. The number of nitrogens with one attached hydrogen (secondary N) is 1. The van der Waals surface area contributed by atoms with Crippen molar-refractivity contribution in [3.05, 3.63) is 63.7 Å². The highest BCUT2D eigenvalue weighted by atomic mass is 19.4. The smallest absolute Gasteiger partial charge is 0.405 e. The second-order valence-corrected chi connectivity index (χ2v) is 7.42. The fraction of sp³-hybridized carbons (Fsp3) is 0.381. The van der Waals surface area contributed by atoms with Gasteiger partial charge in [0.2, 0.25) is 0 Å². The molecule has 8 nitrogen and oxygen atoms in total. The number of benzene rings is 1. The first kappa shape index (κ1) is 21.9. The van der Waals surface area contributed by atoms with E-state index in [9.17, 15) is 18.0 Å². The van der Waals surface area contributed by atoms with E-state index in [-0.39, 0.29) is 29.4 Å². The number of rotatable bonds is 6. The summed E-state index contributed by atoms with van der Waals surface area (Å²) in [6.45, 7) is 1.56. The zero-order valence-corrected chi connectivity index (χ0v) is 16.9. The fourth-order valence-corrected chi connectivity index (χ4v) is 3.64. The molecule has 32 heavy (non-hydrogen) atoms. The van der Waals surface area contributed by atoms with E-state index in [1.54, 1.807) is 24.4 Å². The molecule has 4 rings (SSSR count). The average Bonchev–Trinajstić information content (AvgIpc) is 3.10. The maximum Gasteiger partial charge on any atom is 0.573 e. The molecule has 168 valence electrons. The van der Waals surface area contributed by atoms with Crippen molar-refractivity contribution in [2.24, 2.45) is 0 Å². The van der Waals surface area contributed by atoms with Crippen LogP contribution in [-0.4, -0.2) is 33.8 Å². The molecule has 1 aromatic carbocycles. The van der Waals surface area contributed by atoms with Gasteiger partial charge in [-0.2, -0.15) is 5.26 Å². The predicted molar refractivity (Wildman–Crippen MR) is 107 cm³/mol. The molecule has 0 atom stereocenters. The third-order valence-electron chi connectivity index (χ3n) is 5.20. The van der Waals surface area contributed by atoms with Crippen LogP contribution in [0.4, 0.5) is 13.2 Å². The molecule has 1 N–H and O–H groups in total. The maximum absolute atomic E-state index is 12.8. The van der Waals surface area contributed by atoms with E-state index in [1.165, 1.54) is 21.2 Å². The van der Waals surface area contributed by atoms with E-state index in [1.807, 2.05) is 0 Å². The van der Waals surface area contributed by atoms with Crippen LogP contribution in [0.15, 0.2) is 41.3 Å². The van der Waals surface area contributed by atoms with Gasteiger partial charge >= 0.3 is 12.1 Å². The van der Waals surface area contributed by atoms with Crippen LogP contribution in [-0.2, 0) is 17.8 Å². The Bertz CT molecular complexity index is 1210. The Morgan fingerprint density at radius 2 is 2.00 bits per heavy atom. The summed E-state index contributed by atoms with van der Waals surface area (Å²) in [5, 5.41) is 16.4. The molecule has 1 saturated heterocycles. The topological polar surface area (TPSA) is 93.6 Å². The van der Waals surface area contributed by atoms with Crippen molar-refractivity contribution in [1.29, 1.82) is 5.26 Å². The molecule has 0 radical (unpaired) electrons. The van der Waals surface area contributed by atoms with Crippen molar-refractivity contribution in [1.82, 2.24) is 19.5 Å². The SMILES string of the molecule is N#Cc1ccc(CNCc2ccc3nn(C4CCOCC4)c(=O)n3c2)c(OC(F)(F)F)c1. The molecule has 0 aliphatic carbocycles. The first-order chi connectivity index (χ1) is 15.3. The van der Waals surface area contributed by atoms with E-state index in [4.69, 9.17) is 10.00 Å². The van der Waals surface area contributed by atoms with Crippen LogP contribution in [0.3, 0.4) is 0 Å². The molecule has 1 fully saturated rings. The zero-order chi connectivity index (χ0) is 22.7. The Morgan fingerprint density at radius 3 is 2.72 bits per heavy atom. The van der Waals surface area contributed by atoms with Gasteiger partial charge in [-0.05, 0) is 36.6 Å². The Labute approximate surface area is 180 Å². The molecule has 3 heterocycles. The molecular formula is C21H20F3N5O3. The van der Waals surface area contributed by atoms with Gasteiger partial charge in [-0.15, -0.1) is 18.3 Å². The Morgan fingerprint density at radius 1 is 1.22 bits per heavy atom. The minimum atomic E-state index is -4.86. The summed E-state index contributed by atoms with van der Waals surface area (Å²) < 4.78 is 50.4. The highest BCUT2D eigenvalue weighted by Crippen LogP contribution is 2.27. The van der Waals surface area contributed by atoms with Gasteiger partial charge in [0.25, 0.3) is 0 Å². The van der Waals surface area contributed by atoms with Crippen molar-refractivity contribution >= 4 is 5.65 Å². The van der Waals surface area contributed by atoms with Gasteiger partial charge in [0.15, 0.2) is 5.65 Å². The Balaban J connectivity index is 1.47. The summed E-state index contributed by atoms with van der Waals surface area (Å²) in [6, 6.07) is 9.23. The van der Waals surface area contributed by atoms with Crippen molar-refractivity contribution < 1.29 is 22.6 Å². The third-order valence-corrected chi connectivity index (χ3v) is 5.20. The average molecular weight is 447 g/mol. The molecule has 0 spiro atoms. The van der Waals surface area contributed by atoms with Gasteiger partial charge < -0.3 is 14.8 Å². The van der Waals surface area contributed by atoms with Gasteiger partial charge in [-0.1, -0.05) is 12.1 Å². The number of hydrogen-bond donors (Lipinski definition) is 1. The lowest BCUT2D eigenvalue weighted by atomic mass is 10.1. The summed E-state index contributed by atoms with van der Waals surface area (Å²) in [4.78, 5) is 12.8. The molecule has 0 saturated carbocycles. The van der Waals surface area contributed by atoms with Crippen LogP contribution in [0.5, 0.6) is 5.75 Å². The number of nitriles is 1. The second kappa shape index (κ2) is 9.02. The van der Waals surface area contributed by atoms with Gasteiger partial charge in [-0.3, -0.25) is 0 Å². The lowest BCUT2D eigenvalue weighted by Crippen LogP contribution is -2.29. The molecule has 11 heteroatoms. The van der Waals surface area contributed by atoms with Gasteiger partial charge in [-0.25, -0.2) is 13.9 Å². The third kappa shape index (κ3) is 4.92. The zero-order valence-electron chi connectivity index (χ0n) is 16.9. The van der Waals surface area contributed by atoms with E-state index in [0.717, 1.165) is 24.5 Å². The van der Waals surface area contributed by atoms with Crippen molar-refractivity contribution in [2.45, 2.75) is 38.3 Å². The summed E-state index contributed by atoms with van der Waals surface area (Å²) in [7, 11) is 0. The molecule has 3 aromatic rings. The molecule has 0 bridgehead atoms. The van der Waals surface area contributed by atoms with E-state index in [2.05, 4.69) is 15.2 Å². The van der Waals surface area contributed by atoms with Crippen molar-refractivity contribution in [3.8, 4) is 11.8 Å². The van der Waals surface area contributed by atoms with Crippen LogP contribution >= 0.6 is 0 Å². The highest BCUT2D eigenvalue weighted by Gasteiger charge is 2.32. The number of aromatic nitrogens is 3. The number of fused-ring (bicyclic) bond motifs is 1. The standard InChI is InChI=1S/C21H20F3N5O3/c22-21(23,24)32-18-9-14(10-25)1-3-16(18)12-26-11-15-2-4-19-27-29(20(30)28(19)13-15)17-5-7-31-8-6-17/h1-4,9,13,17,26H,5-8,11-12H2. The monoisotopic (exact) mass is 447 g/mol. The number of pyridine rings is 1. The molecule has 1 aliphatic rings. The number of alkyl halides is 3. The summed E-state index contributed by atoms with van der Waals surface area (Å²) in [5.74, 6) is -0.423. The second-order valence-electron chi connectivity index (χ2n) is 7.42. The normalized spacial score (nSPS) is 15.1. The predicted octanol–water partition coefficient (Wildman–Crippen LogP) is 2.91. The van der Waals surface area contributed by atoms with Crippen molar-refractivity contribution in [3.63, 3.8) is 0 Å². The van der Waals surface area contributed by atoms with Gasteiger partial charge in [0, 0.05) is 38.1 Å². The summed E-state index contributed by atoms with van der Waals surface area (Å²) in [5.41, 5.74) is 1.38. The number of hydrogen-bond acceptors (Lipinski definition) is 6. The minimum Gasteiger partial charge on any atom is -0.405 e. The Hall–Kier alpha value is -3.36. The lowest BCUT2D eigenvalue weighted by Gasteiger charge is -2.20. The molecule has 1 aliphatic heterocycles. The highest BCUT2D eigenvalue weighted by molar-refractivity contribution is 5.43. The molecule has 0 amide bonds. The quantitative estimate of drug-likeness (QED) is 0.625. The van der Waals surface area contributed by atoms with Crippen LogP contribution < -0.4 is 15.7 Å². The Kier molecular flexibility index (Phi) is 6.16. The van der Waals surface area contributed by atoms with Gasteiger partial charge in [0.05, 0.1) is 17.7 Å². The van der Waals surface area contributed by atoms with Crippen LogP contribution in [0, 0.1) is 11.3 Å². The number of halogens is 3. The first-order valence-electron chi connectivity index (χ1n) is 10.0. The van der Waals surface area contributed by atoms with E-state index < -0.39 is 12.1 Å².